The van der Waals surface area contributed by atoms with E-state index in [1.54, 1.807) is 6.39 Å². The molecule has 0 bridgehead atoms. The van der Waals surface area contributed by atoms with Crippen molar-refractivity contribution in [2.24, 2.45) is 0 Å². The summed E-state index contributed by atoms with van der Waals surface area (Å²) in [5.41, 5.74) is 1.10. The number of nitrogens with one attached hydrogen (secondary N) is 1. The van der Waals surface area contributed by atoms with Crippen LogP contribution in [0.25, 0.3) is 0 Å². The van der Waals surface area contributed by atoms with Gasteiger partial charge in [-0.1, -0.05) is 20.3 Å². The van der Waals surface area contributed by atoms with Crippen molar-refractivity contribution >= 4 is 0 Å². The summed E-state index contributed by atoms with van der Waals surface area (Å²) in [6, 6.07) is 0.501. The lowest BCUT2D eigenvalue weighted by molar-refractivity contribution is 0.342. The van der Waals surface area contributed by atoms with E-state index in [1.165, 1.54) is 19.3 Å². The second kappa shape index (κ2) is 4.13. The van der Waals surface area contributed by atoms with Crippen LogP contribution in [-0.4, -0.2) is 11.0 Å². The van der Waals surface area contributed by atoms with Gasteiger partial charge in [0.25, 0.3) is 0 Å². The molecule has 1 fully saturated rings. The highest BCUT2D eigenvalue weighted by Crippen LogP contribution is 2.37. The third kappa shape index (κ3) is 1.98. The van der Waals surface area contributed by atoms with Crippen LogP contribution in [0.2, 0.25) is 0 Å². The Bertz CT molecular complexity index is 289. The number of nitrogens with zero attached hydrogens (tertiary/aromatic N) is 1. The average molecular weight is 194 g/mol. The first-order valence-electron chi connectivity index (χ1n) is 5.43. The van der Waals surface area contributed by atoms with Crippen LogP contribution in [0.3, 0.4) is 0 Å². The predicted octanol–water partition coefficient (Wildman–Crippen LogP) is 2.44. The van der Waals surface area contributed by atoms with Gasteiger partial charge in [-0.05, 0) is 12.8 Å². The van der Waals surface area contributed by atoms with Crippen molar-refractivity contribution < 1.29 is 4.42 Å². The molecule has 0 atom stereocenters. The van der Waals surface area contributed by atoms with E-state index in [1.807, 2.05) is 0 Å². The lowest BCUT2D eigenvalue weighted by Crippen LogP contribution is -2.23. The quantitative estimate of drug-likeness (QED) is 0.800. The summed E-state index contributed by atoms with van der Waals surface area (Å²) in [7, 11) is 0. The van der Waals surface area contributed by atoms with Crippen molar-refractivity contribution in [1.82, 2.24) is 10.3 Å². The first-order chi connectivity index (χ1) is 6.77. The molecule has 78 valence electrons. The van der Waals surface area contributed by atoms with Crippen LogP contribution < -0.4 is 5.32 Å². The monoisotopic (exact) mass is 194 g/mol. The van der Waals surface area contributed by atoms with E-state index in [4.69, 9.17) is 4.42 Å². The molecular weight excluding hydrogens is 176 g/mol. The summed E-state index contributed by atoms with van der Waals surface area (Å²) in [6.07, 6.45) is 5.45. The van der Waals surface area contributed by atoms with Gasteiger partial charge >= 0.3 is 0 Å². The largest absolute Gasteiger partial charge is 0.448 e. The van der Waals surface area contributed by atoms with Crippen molar-refractivity contribution in [3.63, 3.8) is 0 Å². The average Bonchev–Trinajstić information content (AvgIpc) is 2.46. The van der Waals surface area contributed by atoms with Gasteiger partial charge in [0.15, 0.2) is 6.39 Å². The van der Waals surface area contributed by atoms with Gasteiger partial charge in [0.05, 0.1) is 5.69 Å². The van der Waals surface area contributed by atoms with Crippen LogP contribution in [0.15, 0.2) is 10.8 Å². The number of aromatic nitrogens is 1. The van der Waals surface area contributed by atoms with E-state index in [9.17, 15) is 0 Å². The van der Waals surface area contributed by atoms with Crippen molar-refractivity contribution in [2.75, 3.05) is 0 Å². The summed E-state index contributed by atoms with van der Waals surface area (Å²) >= 11 is 0. The molecule has 0 aromatic carbocycles. The number of oxazole rings is 1. The van der Waals surface area contributed by atoms with Crippen molar-refractivity contribution in [3.8, 4) is 0 Å². The molecule has 1 N–H and O–H groups in total. The van der Waals surface area contributed by atoms with E-state index >= 15 is 0 Å². The molecule has 0 saturated heterocycles. The summed E-state index contributed by atoms with van der Waals surface area (Å²) in [6.45, 7) is 5.12. The van der Waals surface area contributed by atoms with E-state index in [2.05, 4.69) is 24.1 Å². The van der Waals surface area contributed by atoms with E-state index in [-0.39, 0.29) is 0 Å². The molecule has 0 spiro atoms. The van der Waals surface area contributed by atoms with Gasteiger partial charge in [0, 0.05) is 18.5 Å². The Balaban J connectivity index is 1.98. The molecule has 0 unspecified atom stereocenters. The molecule has 0 aliphatic heterocycles. The molecule has 14 heavy (non-hydrogen) atoms. The lowest BCUT2D eigenvalue weighted by Gasteiger charge is -2.23. The van der Waals surface area contributed by atoms with E-state index in [0.29, 0.717) is 12.0 Å². The lowest BCUT2D eigenvalue weighted by atomic mass is 9.83. The Hall–Kier alpha value is -0.830. The molecule has 0 radical (unpaired) electrons. The fraction of sp³-hybridized carbons (Fsp3) is 0.727. The maximum Gasteiger partial charge on any atom is 0.181 e. The maximum atomic E-state index is 5.45. The van der Waals surface area contributed by atoms with Gasteiger partial charge in [-0.3, -0.25) is 0 Å². The van der Waals surface area contributed by atoms with Crippen LogP contribution in [0.1, 0.15) is 50.5 Å². The minimum Gasteiger partial charge on any atom is -0.448 e. The minimum absolute atomic E-state index is 0.501. The van der Waals surface area contributed by atoms with Crippen LogP contribution in [0.5, 0.6) is 0 Å². The van der Waals surface area contributed by atoms with Crippen LogP contribution in [0.4, 0.5) is 0 Å². The van der Waals surface area contributed by atoms with Gasteiger partial charge in [-0.2, -0.15) is 0 Å². The van der Waals surface area contributed by atoms with Crippen LogP contribution >= 0.6 is 0 Å². The Morgan fingerprint density at radius 2 is 2.36 bits per heavy atom. The van der Waals surface area contributed by atoms with Gasteiger partial charge in [0.1, 0.15) is 5.76 Å². The highest BCUT2D eigenvalue weighted by Gasteiger charge is 2.25. The Labute approximate surface area is 84.9 Å². The van der Waals surface area contributed by atoms with E-state index in [0.717, 1.165) is 18.0 Å². The fourth-order valence-corrected chi connectivity index (χ4v) is 1.71. The molecule has 1 aromatic heterocycles. The molecule has 3 nitrogen and oxygen atoms in total. The fourth-order valence-electron chi connectivity index (χ4n) is 1.71. The van der Waals surface area contributed by atoms with Gasteiger partial charge in [-0.15, -0.1) is 0 Å². The molecule has 1 saturated carbocycles. The summed E-state index contributed by atoms with van der Waals surface area (Å²) < 4.78 is 5.45. The third-order valence-corrected chi connectivity index (χ3v) is 2.83. The zero-order valence-electron chi connectivity index (χ0n) is 8.92. The Morgan fingerprint density at radius 3 is 2.93 bits per heavy atom. The summed E-state index contributed by atoms with van der Waals surface area (Å²) in [5, 5.41) is 3.37. The SMILES string of the molecule is CC(C)NCc1ncoc1C1CCC1. The number of hydrogen-bond acceptors (Lipinski definition) is 3. The van der Waals surface area contributed by atoms with Crippen LogP contribution in [-0.2, 0) is 6.54 Å². The molecule has 1 aliphatic rings. The first-order valence-corrected chi connectivity index (χ1v) is 5.43. The molecule has 1 heterocycles. The topological polar surface area (TPSA) is 38.1 Å². The van der Waals surface area contributed by atoms with Gasteiger partial charge < -0.3 is 9.73 Å². The molecule has 3 heteroatoms. The standard InChI is InChI=1S/C11H18N2O/c1-8(2)12-6-10-11(14-7-13-10)9-4-3-5-9/h7-9,12H,3-6H2,1-2H3. The van der Waals surface area contributed by atoms with Gasteiger partial charge in [-0.25, -0.2) is 4.98 Å². The first kappa shape index (κ1) is 9.71. The molecule has 1 aromatic rings. The molecular formula is C11H18N2O. The Morgan fingerprint density at radius 1 is 1.57 bits per heavy atom. The zero-order valence-corrected chi connectivity index (χ0v) is 8.92. The zero-order chi connectivity index (χ0) is 9.97. The molecule has 1 aliphatic carbocycles. The van der Waals surface area contributed by atoms with Crippen molar-refractivity contribution in [1.29, 1.82) is 0 Å². The smallest absolute Gasteiger partial charge is 0.181 e. The number of rotatable bonds is 4. The molecule has 0 amide bonds. The minimum atomic E-state index is 0.501. The number of hydrogen-bond donors (Lipinski definition) is 1. The molecule has 2 rings (SSSR count). The second-order valence-electron chi connectivity index (χ2n) is 4.33. The van der Waals surface area contributed by atoms with E-state index < -0.39 is 0 Å². The second-order valence-corrected chi connectivity index (χ2v) is 4.33. The summed E-state index contributed by atoms with van der Waals surface area (Å²) in [4.78, 5) is 4.26. The third-order valence-electron chi connectivity index (χ3n) is 2.83. The van der Waals surface area contributed by atoms with Gasteiger partial charge in [0.2, 0.25) is 0 Å². The normalized spacial score (nSPS) is 17.4. The van der Waals surface area contributed by atoms with Crippen molar-refractivity contribution in [3.05, 3.63) is 17.8 Å². The van der Waals surface area contributed by atoms with Crippen LogP contribution in [0, 0.1) is 0 Å². The highest BCUT2D eigenvalue weighted by molar-refractivity contribution is 5.14. The summed E-state index contributed by atoms with van der Waals surface area (Å²) in [5.74, 6) is 1.76. The van der Waals surface area contributed by atoms with Crippen molar-refractivity contribution in [2.45, 2.75) is 51.6 Å². The Kier molecular flexibility index (Phi) is 2.87. The highest BCUT2D eigenvalue weighted by atomic mass is 16.3. The predicted molar refractivity (Wildman–Crippen MR) is 55.1 cm³/mol. The maximum absolute atomic E-state index is 5.45.